The monoisotopic (exact) mass is 511 g/mol. The number of pyridine rings is 1. The lowest BCUT2D eigenvalue weighted by molar-refractivity contribution is -0.137. The second-order valence-electron chi connectivity index (χ2n) is 9.74. The van der Waals surface area contributed by atoms with Gasteiger partial charge >= 0.3 is 6.18 Å². The lowest BCUT2D eigenvalue weighted by Crippen LogP contribution is -2.53. The normalized spacial score (nSPS) is 20.6. The summed E-state index contributed by atoms with van der Waals surface area (Å²) in [4.78, 5) is 32.9. The fourth-order valence-corrected chi connectivity index (χ4v) is 4.44. The second-order valence-corrected chi connectivity index (χ2v) is 9.74. The Labute approximate surface area is 213 Å². The van der Waals surface area contributed by atoms with Crippen molar-refractivity contribution in [3.63, 3.8) is 0 Å². The molecule has 3 heterocycles. The van der Waals surface area contributed by atoms with Gasteiger partial charge in [0.1, 0.15) is 12.0 Å². The molecule has 194 valence electrons. The van der Waals surface area contributed by atoms with Gasteiger partial charge in [-0.05, 0) is 56.7 Å². The number of carbonyl (C=O) groups excluding carboxylic acids is 1. The highest BCUT2D eigenvalue weighted by Crippen LogP contribution is 2.48. The number of aliphatic imine (C=N–C) groups is 1. The number of hydrazine groups is 1. The number of amides is 1. The van der Waals surface area contributed by atoms with E-state index in [2.05, 4.69) is 37.2 Å². The summed E-state index contributed by atoms with van der Waals surface area (Å²) in [7, 11) is 0. The van der Waals surface area contributed by atoms with Gasteiger partial charge in [-0.3, -0.25) is 10.2 Å². The minimum Gasteiger partial charge on any atom is -0.330 e. The molecule has 0 saturated heterocycles. The Morgan fingerprint density at radius 2 is 2.00 bits per heavy atom. The number of hydrogen-bond donors (Lipinski definition) is 1. The third-order valence-electron chi connectivity index (χ3n) is 6.91. The van der Waals surface area contributed by atoms with Gasteiger partial charge in [-0.15, -0.1) is 5.92 Å². The van der Waals surface area contributed by atoms with E-state index in [9.17, 15) is 18.0 Å². The Balaban J connectivity index is 1.50. The first-order chi connectivity index (χ1) is 17.7. The second kappa shape index (κ2) is 9.65. The van der Waals surface area contributed by atoms with Crippen LogP contribution in [0.4, 0.5) is 19.1 Å². The average molecular weight is 512 g/mol. The van der Waals surface area contributed by atoms with Crippen molar-refractivity contribution in [2.24, 2.45) is 10.9 Å². The van der Waals surface area contributed by atoms with Crippen molar-refractivity contribution in [2.45, 2.75) is 69.8 Å². The molecule has 5 rings (SSSR count). The quantitative estimate of drug-likeness (QED) is 0.567. The maximum absolute atomic E-state index is 13.9. The van der Waals surface area contributed by atoms with Gasteiger partial charge in [0.05, 0.1) is 22.7 Å². The van der Waals surface area contributed by atoms with Crippen LogP contribution in [-0.4, -0.2) is 50.8 Å². The van der Waals surface area contributed by atoms with Gasteiger partial charge < -0.3 is 4.90 Å². The van der Waals surface area contributed by atoms with E-state index in [0.29, 0.717) is 37.7 Å². The zero-order valence-corrected chi connectivity index (χ0v) is 20.7. The van der Waals surface area contributed by atoms with Crippen LogP contribution in [0.1, 0.15) is 67.7 Å². The minimum absolute atomic E-state index is 0.213. The molecule has 1 amide bonds. The summed E-state index contributed by atoms with van der Waals surface area (Å²) in [6.45, 7) is 4.12. The van der Waals surface area contributed by atoms with Crippen LogP contribution < -0.4 is 10.4 Å². The van der Waals surface area contributed by atoms with Crippen molar-refractivity contribution in [3.8, 4) is 11.8 Å². The average Bonchev–Trinajstić information content (AvgIpc) is 3.83. The molecule has 2 atom stereocenters. The predicted octanol–water partition coefficient (Wildman–Crippen LogP) is 3.96. The number of carbonyl (C=O) groups is 1. The molecule has 0 radical (unpaired) electrons. The van der Waals surface area contributed by atoms with Crippen LogP contribution in [0.25, 0.3) is 0 Å². The van der Waals surface area contributed by atoms with Crippen molar-refractivity contribution in [1.82, 2.24) is 25.3 Å². The van der Waals surface area contributed by atoms with Crippen molar-refractivity contribution in [2.75, 3.05) is 11.6 Å². The molecule has 2 aromatic heterocycles. The molecule has 2 aliphatic carbocycles. The summed E-state index contributed by atoms with van der Waals surface area (Å²) in [5, 5.41) is 1.64. The van der Waals surface area contributed by atoms with Gasteiger partial charge in [-0.1, -0.05) is 12.8 Å². The zero-order valence-electron chi connectivity index (χ0n) is 20.7. The minimum atomic E-state index is -4.62. The molecule has 3 aliphatic rings. The Hall–Kier alpha value is -3.68. The zero-order chi connectivity index (χ0) is 26.2. The lowest BCUT2D eigenvalue weighted by Gasteiger charge is -2.35. The maximum atomic E-state index is 13.9. The van der Waals surface area contributed by atoms with Crippen LogP contribution in [-0.2, 0) is 11.6 Å². The molecular formula is C26H28F3N7O. The molecule has 8 nitrogen and oxygen atoms in total. The number of halogens is 3. The number of rotatable bonds is 7. The molecule has 1 N–H and O–H groups in total. The van der Waals surface area contributed by atoms with Gasteiger partial charge in [-0.2, -0.15) is 13.2 Å². The predicted molar refractivity (Wildman–Crippen MR) is 131 cm³/mol. The highest BCUT2D eigenvalue weighted by atomic mass is 19.4. The largest absolute Gasteiger partial charge is 0.416 e. The number of anilines is 1. The Morgan fingerprint density at radius 1 is 1.27 bits per heavy atom. The molecule has 0 aromatic carbocycles. The highest BCUT2D eigenvalue weighted by Gasteiger charge is 2.47. The topological polar surface area (TPSA) is 86.6 Å². The Morgan fingerprint density at radius 3 is 2.62 bits per heavy atom. The van der Waals surface area contributed by atoms with Gasteiger partial charge in [-0.25, -0.2) is 25.0 Å². The van der Waals surface area contributed by atoms with E-state index in [1.807, 2.05) is 13.8 Å². The number of aromatic nitrogens is 3. The summed E-state index contributed by atoms with van der Waals surface area (Å²) in [6, 6.07) is 3.09. The molecule has 0 bridgehead atoms. The van der Waals surface area contributed by atoms with Gasteiger partial charge in [0.25, 0.3) is 5.91 Å². The molecule has 1 aliphatic heterocycles. The third kappa shape index (κ3) is 5.24. The van der Waals surface area contributed by atoms with E-state index in [-0.39, 0.29) is 11.4 Å². The van der Waals surface area contributed by atoms with Gasteiger partial charge in [0.2, 0.25) is 5.95 Å². The van der Waals surface area contributed by atoms with E-state index in [1.165, 1.54) is 6.34 Å². The maximum Gasteiger partial charge on any atom is 0.416 e. The van der Waals surface area contributed by atoms with Crippen molar-refractivity contribution in [1.29, 1.82) is 0 Å². The number of hydrogen-bond acceptors (Lipinski definition) is 7. The fourth-order valence-electron chi connectivity index (χ4n) is 4.44. The smallest absolute Gasteiger partial charge is 0.330 e. The molecule has 37 heavy (non-hydrogen) atoms. The summed E-state index contributed by atoms with van der Waals surface area (Å²) in [5.74, 6) is 6.19. The highest BCUT2D eigenvalue weighted by molar-refractivity contribution is 5.93. The Bertz CT molecular complexity index is 1250. The molecule has 0 spiro atoms. The third-order valence-corrected chi connectivity index (χ3v) is 6.91. The van der Waals surface area contributed by atoms with Crippen LogP contribution in [0.5, 0.6) is 0 Å². The Kier molecular flexibility index (Phi) is 6.52. The standard InChI is InChI=1S/C26H28F3N7O/c1-3-4-8-25(9-10-25)21-14-19(26(27,28)29)13-20(34-21)23(37)35(15-18-6-7-18)17(2)22-32-16-33-36(22)24-30-11-5-12-31-24/h5,11-14,16-18,22H,3,6-7,9-10,15H2,1-2H3,(H,32,33). The van der Waals surface area contributed by atoms with Crippen LogP contribution in [0.2, 0.25) is 0 Å². The van der Waals surface area contributed by atoms with Gasteiger partial charge in [0, 0.05) is 25.4 Å². The summed E-state index contributed by atoms with van der Waals surface area (Å²) in [6.07, 6.45) is 3.28. The fraction of sp³-hybridized carbons (Fsp3) is 0.500. The van der Waals surface area contributed by atoms with Crippen LogP contribution >= 0.6 is 0 Å². The molecule has 11 heteroatoms. The van der Waals surface area contributed by atoms with E-state index >= 15 is 0 Å². The summed E-state index contributed by atoms with van der Waals surface area (Å²) in [5.41, 5.74) is 1.38. The molecule has 2 unspecified atom stereocenters. The van der Waals surface area contributed by atoms with E-state index in [0.717, 1.165) is 25.0 Å². The van der Waals surface area contributed by atoms with Gasteiger partial charge in [0.15, 0.2) is 6.17 Å². The first kappa shape index (κ1) is 25.0. The lowest BCUT2D eigenvalue weighted by atomic mass is 9.99. The first-order valence-electron chi connectivity index (χ1n) is 12.5. The molecule has 2 fully saturated rings. The molecule has 2 aromatic rings. The van der Waals surface area contributed by atoms with Crippen LogP contribution in [0.3, 0.4) is 0 Å². The SMILES string of the molecule is CCC#CC1(c2cc(C(F)(F)F)cc(C(=O)N(CC3CC3)C(C)C3N=CNN3c3ncccn3)n2)CC1. The summed E-state index contributed by atoms with van der Waals surface area (Å²) < 4.78 is 41.7. The van der Waals surface area contributed by atoms with Crippen molar-refractivity contribution in [3.05, 3.63) is 47.5 Å². The number of alkyl halides is 3. The molecular weight excluding hydrogens is 483 g/mol. The van der Waals surface area contributed by atoms with E-state index in [4.69, 9.17) is 0 Å². The summed E-state index contributed by atoms with van der Waals surface area (Å²) >= 11 is 0. The van der Waals surface area contributed by atoms with Crippen molar-refractivity contribution >= 4 is 18.2 Å². The number of nitrogens with one attached hydrogen (secondary N) is 1. The van der Waals surface area contributed by atoms with Crippen LogP contribution in [0.15, 0.2) is 35.6 Å². The van der Waals surface area contributed by atoms with E-state index < -0.39 is 35.3 Å². The van der Waals surface area contributed by atoms with Crippen LogP contribution in [0, 0.1) is 17.8 Å². The van der Waals surface area contributed by atoms with Crippen molar-refractivity contribution < 1.29 is 18.0 Å². The number of nitrogens with zero attached hydrogens (tertiary/aromatic N) is 6. The molecule has 2 saturated carbocycles. The van der Waals surface area contributed by atoms with E-state index in [1.54, 1.807) is 28.4 Å². The first-order valence-corrected chi connectivity index (χ1v) is 12.5.